The number of carbonyl (C=O) groups excluding carboxylic acids is 1. The molecule has 112 valence electrons. The van der Waals surface area contributed by atoms with Crippen molar-refractivity contribution in [1.29, 1.82) is 0 Å². The molecule has 8 heteroatoms. The van der Waals surface area contributed by atoms with E-state index in [9.17, 15) is 4.79 Å². The molecule has 8 nitrogen and oxygen atoms in total. The second-order valence-electron chi connectivity index (χ2n) is 5.78. The van der Waals surface area contributed by atoms with Crippen LogP contribution in [0.5, 0.6) is 0 Å². The van der Waals surface area contributed by atoms with E-state index in [0.29, 0.717) is 25.5 Å². The van der Waals surface area contributed by atoms with E-state index in [1.165, 1.54) is 0 Å². The van der Waals surface area contributed by atoms with Gasteiger partial charge in [-0.25, -0.2) is 4.79 Å². The Hall–Kier alpha value is -1.83. The molecule has 2 rings (SSSR count). The Morgan fingerprint density at radius 2 is 1.95 bits per heavy atom. The van der Waals surface area contributed by atoms with Crippen molar-refractivity contribution in [3.05, 3.63) is 5.89 Å². The van der Waals surface area contributed by atoms with Crippen LogP contribution in [0, 0.1) is 0 Å². The molecule has 0 saturated carbocycles. The number of hydrogen-bond acceptors (Lipinski definition) is 7. The third-order valence-electron chi connectivity index (χ3n) is 2.87. The van der Waals surface area contributed by atoms with E-state index in [4.69, 9.17) is 14.9 Å². The highest BCUT2D eigenvalue weighted by Crippen LogP contribution is 2.13. The van der Waals surface area contributed by atoms with Crippen LogP contribution in [-0.4, -0.2) is 57.9 Å². The van der Waals surface area contributed by atoms with Crippen molar-refractivity contribution in [2.24, 2.45) is 0 Å². The molecule has 0 atom stereocenters. The summed E-state index contributed by atoms with van der Waals surface area (Å²) in [5.41, 5.74) is 4.91. The second-order valence-corrected chi connectivity index (χ2v) is 5.78. The van der Waals surface area contributed by atoms with Gasteiger partial charge >= 0.3 is 12.1 Å². The van der Waals surface area contributed by atoms with E-state index in [1.807, 2.05) is 20.8 Å². The zero-order valence-corrected chi connectivity index (χ0v) is 12.1. The van der Waals surface area contributed by atoms with Gasteiger partial charge in [0.15, 0.2) is 0 Å². The molecule has 1 aromatic heterocycles. The van der Waals surface area contributed by atoms with Gasteiger partial charge in [-0.05, 0) is 20.8 Å². The van der Waals surface area contributed by atoms with Crippen molar-refractivity contribution in [2.45, 2.75) is 32.9 Å². The lowest BCUT2D eigenvalue weighted by Gasteiger charge is -2.34. The van der Waals surface area contributed by atoms with Crippen molar-refractivity contribution in [3.8, 4) is 0 Å². The summed E-state index contributed by atoms with van der Waals surface area (Å²) in [5, 5.41) is 7.44. The minimum atomic E-state index is -0.463. The molecule has 0 bridgehead atoms. The molecule has 0 radical (unpaired) electrons. The fourth-order valence-electron chi connectivity index (χ4n) is 1.94. The van der Waals surface area contributed by atoms with Crippen LogP contribution in [0.1, 0.15) is 26.7 Å². The quantitative estimate of drug-likeness (QED) is 0.853. The van der Waals surface area contributed by atoms with Crippen molar-refractivity contribution in [2.75, 3.05) is 31.9 Å². The van der Waals surface area contributed by atoms with Crippen LogP contribution in [0.4, 0.5) is 10.8 Å². The fourth-order valence-corrected chi connectivity index (χ4v) is 1.94. The van der Waals surface area contributed by atoms with Gasteiger partial charge in [0.2, 0.25) is 5.89 Å². The first-order valence-electron chi connectivity index (χ1n) is 6.61. The summed E-state index contributed by atoms with van der Waals surface area (Å²) >= 11 is 0. The average Bonchev–Trinajstić information content (AvgIpc) is 2.73. The fraction of sp³-hybridized carbons (Fsp3) is 0.750. The van der Waals surface area contributed by atoms with Gasteiger partial charge in [-0.1, -0.05) is 5.10 Å². The molecule has 0 unspecified atom stereocenters. The predicted molar refractivity (Wildman–Crippen MR) is 71.8 cm³/mol. The third kappa shape index (κ3) is 4.09. The second kappa shape index (κ2) is 5.66. The van der Waals surface area contributed by atoms with Crippen LogP contribution >= 0.6 is 0 Å². The highest BCUT2D eigenvalue weighted by molar-refractivity contribution is 5.68. The number of carbonyl (C=O) groups is 1. The molecule has 1 amide bonds. The maximum atomic E-state index is 11.9. The number of hydrogen-bond donors (Lipinski definition) is 1. The first kappa shape index (κ1) is 14.6. The average molecular weight is 283 g/mol. The first-order valence-corrected chi connectivity index (χ1v) is 6.61. The molecule has 1 aliphatic rings. The molecule has 2 heterocycles. The highest BCUT2D eigenvalue weighted by atomic mass is 16.6. The van der Waals surface area contributed by atoms with Crippen molar-refractivity contribution < 1.29 is 13.9 Å². The summed E-state index contributed by atoms with van der Waals surface area (Å²) in [6, 6.07) is 0.0763. The molecule has 1 aromatic rings. The Morgan fingerprint density at radius 1 is 1.30 bits per heavy atom. The number of anilines is 1. The van der Waals surface area contributed by atoms with Gasteiger partial charge in [-0.3, -0.25) is 4.90 Å². The van der Waals surface area contributed by atoms with Crippen LogP contribution in [0.25, 0.3) is 0 Å². The van der Waals surface area contributed by atoms with Gasteiger partial charge < -0.3 is 19.8 Å². The number of amides is 1. The largest absolute Gasteiger partial charge is 0.444 e. The summed E-state index contributed by atoms with van der Waals surface area (Å²) in [4.78, 5) is 15.8. The van der Waals surface area contributed by atoms with Crippen LogP contribution in [0.3, 0.4) is 0 Å². The van der Waals surface area contributed by atoms with Crippen LogP contribution in [0.15, 0.2) is 4.42 Å². The Balaban J connectivity index is 1.79. The normalized spacial score (nSPS) is 17.2. The minimum Gasteiger partial charge on any atom is -0.444 e. The third-order valence-corrected chi connectivity index (χ3v) is 2.87. The number of ether oxygens (including phenoxy) is 1. The Morgan fingerprint density at radius 3 is 2.45 bits per heavy atom. The topological polar surface area (TPSA) is 97.7 Å². The van der Waals surface area contributed by atoms with Crippen LogP contribution in [0.2, 0.25) is 0 Å². The summed E-state index contributed by atoms with van der Waals surface area (Å²) < 4.78 is 10.5. The predicted octanol–water partition coefficient (Wildman–Crippen LogP) is 0.705. The van der Waals surface area contributed by atoms with E-state index < -0.39 is 5.60 Å². The molecule has 0 spiro atoms. The zero-order valence-electron chi connectivity index (χ0n) is 12.1. The molecule has 1 fully saturated rings. The first-order chi connectivity index (χ1) is 9.33. The summed E-state index contributed by atoms with van der Waals surface area (Å²) in [7, 11) is 0. The number of nitrogens with zero attached hydrogens (tertiary/aromatic N) is 4. The van der Waals surface area contributed by atoms with Gasteiger partial charge in [0, 0.05) is 26.2 Å². The summed E-state index contributed by atoms with van der Waals surface area (Å²) in [6.07, 6.45) is -0.265. The lowest BCUT2D eigenvalue weighted by molar-refractivity contribution is 0.0133. The molecular formula is C12H21N5O3. The van der Waals surface area contributed by atoms with Gasteiger partial charge in [-0.15, -0.1) is 5.10 Å². The standard InChI is InChI=1S/C12H21N5O3/c1-12(2,3)20-11(18)17-6-4-16(5-7-17)8-9-14-15-10(13)19-9/h4-8H2,1-3H3,(H2,13,15). The molecule has 20 heavy (non-hydrogen) atoms. The van der Waals surface area contributed by atoms with E-state index in [1.54, 1.807) is 4.90 Å². The summed E-state index contributed by atoms with van der Waals surface area (Å²) in [5.74, 6) is 0.494. The minimum absolute atomic E-state index is 0.0763. The molecule has 1 saturated heterocycles. The molecule has 1 aliphatic heterocycles. The number of piperazine rings is 1. The monoisotopic (exact) mass is 283 g/mol. The van der Waals surface area contributed by atoms with Crippen molar-refractivity contribution >= 4 is 12.1 Å². The van der Waals surface area contributed by atoms with Crippen LogP contribution < -0.4 is 5.73 Å². The summed E-state index contributed by atoms with van der Waals surface area (Å²) in [6.45, 7) is 8.86. The van der Waals surface area contributed by atoms with Crippen molar-refractivity contribution in [3.63, 3.8) is 0 Å². The van der Waals surface area contributed by atoms with E-state index in [2.05, 4.69) is 15.1 Å². The number of nitrogens with two attached hydrogens (primary N) is 1. The Labute approximate surface area is 117 Å². The maximum absolute atomic E-state index is 11.9. The zero-order chi connectivity index (χ0) is 14.8. The van der Waals surface area contributed by atoms with Gasteiger partial charge in [0.05, 0.1) is 6.54 Å². The molecular weight excluding hydrogens is 262 g/mol. The van der Waals surface area contributed by atoms with E-state index in [0.717, 1.165) is 13.1 Å². The molecule has 0 aliphatic carbocycles. The lowest BCUT2D eigenvalue weighted by atomic mass is 10.2. The lowest BCUT2D eigenvalue weighted by Crippen LogP contribution is -2.49. The van der Waals surface area contributed by atoms with Crippen molar-refractivity contribution in [1.82, 2.24) is 20.0 Å². The van der Waals surface area contributed by atoms with Gasteiger partial charge in [0.1, 0.15) is 5.60 Å². The maximum Gasteiger partial charge on any atom is 0.410 e. The van der Waals surface area contributed by atoms with E-state index >= 15 is 0 Å². The van der Waals surface area contributed by atoms with Crippen LogP contribution in [-0.2, 0) is 11.3 Å². The number of rotatable bonds is 2. The molecule has 2 N–H and O–H groups in total. The Kier molecular flexibility index (Phi) is 4.12. The number of aromatic nitrogens is 2. The van der Waals surface area contributed by atoms with Gasteiger partial charge in [0.25, 0.3) is 0 Å². The smallest absolute Gasteiger partial charge is 0.410 e. The molecule has 0 aromatic carbocycles. The Bertz CT molecular complexity index is 460. The van der Waals surface area contributed by atoms with Gasteiger partial charge in [-0.2, -0.15) is 0 Å². The number of nitrogen functional groups attached to an aromatic ring is 1. The van der Waals surface area contributed by atoms with E-state index in [-0.39, 0.29) is 12.1 Å². The SMILES string of the molecule is CC(C)(C)OC(=O)N1CCN(Cc2nnc(N)o2)CC1. The highest BCUT2D eigenvalue weighted by Gasteiger charge is 2.26.